The van der Waals surface area contributed by atoms with Crippen molar-refractivity contribution < 1.29 is 14.7 Å². The van der Waals surface area contributed by atoms with E-state index in [9.17, 15) is 5.21 Å². The van der Waals surface area contributed by atoms with Crippen LogP contribution in [0.25, 0.3) is 0 Å². The van der Waals surface area contributed by atoms with E-state index in [4.69, 9.17) is 9.47 Å². The first-order chi connectivity index (χ1) is 11.3. The molecule has 2 aromatic rings. The van der Waals surface area contributed by atoms with E-state index >= 15 is 0 Å². The van der Waals surface area contributed by atoms with Crippen molar-refractivity contribution in [2.75, 3.05) is 7.11 Å². The molecule has 23 heavy (non-hydrogen) atoms. The maximum atomic E-state index is 9.21. The summed E-state index contributed by atoms with van der Waals surface area (Å²) in [4.78, 5) is 0. The lowest BCUT2D eigenvalue weighted by Crippen LogP contribution is -2.15. The molecule has 1 aliphatic carbocycles. The van der Waals surface area contributed by atoms with Crippen LogP contribution in [0.1, 0.15) is 35.1 Å². The minimum Gasteiger partial charge on any atom is -0.489 e. The minimum absolute atomic E-state index is 0.492. The van der Waals surface area contributed by atoms with Gasteiger partial charge in [-0.15, -0.1) is 0 Å². The number of hydrogen-bond donors (Lipinski definition) is 1. The molecule has 4 heteroatoms. The molecule has 0 saturated carbocycles. The smallest absolute Gasteiger partial charge is 0.125 e. The number of oxime groups is 1. The Morgan fingerprint density at radius 2 is 1.87 bits per heavy atom. The van der Waals surface area contributed by atoms with Crippen molar-refractivity contribution >= 4 is 5.71 Å². The standard InChI is InChI=1S/C19H21NO3/c1-22-13-17-15-8-5-9-18(20-21)16(15)10-11-19(17)23-12-14-6-3-2-4-7-14/h2-4,6-7,10-11,21H,5,8-9,12-13H2,1H3. The van der Waals surface area contributed by atoms with Crippen LogP contribution in [0.2, 0.25) is 0 Å². The molecule has 120 valence electrons. The van der Waals surface area contributed by atoms with Gasteiger partial charge in [-0.05, 0) is 42.5 Å². The fraction of sp³-hybridized carbons (Fsp3) is 0.316. The maximum Gasteiger partial charge on any atom is 0.125 e. The number of methoxy groups -OCH3 is 1. The third-order valence-corrected chi connectivity index (χ3v) is 4.19. The molecule has 0 heterocycles. The quantitative estimate of drug-likeness (QED) is 0.672. The van der Waals surface area contributed by atoms with Crippen molar-refractivity contribution in [1.82, 2.24) is 0 Å². The van der Waals surface area contributed by atoms with Crippen LogP contribution >= 0.6 is 0 Å². The topological polar surface area (TPSA) is 51.0 Å². The van der Waals surface area contributed by atoms with Gasteiger partial charge >= 0.3 is 0 Å². The van der Waals surface area contributed by atoms with Crippen LogP contribution in [0.15, 0.2) is 47.6 Å². The van der Waals surface area contributed by atoms with Gasteiger partial charge in [0.05, 0.1) is 12.3 Å². The molecule has 0 bridgehead atoms. The van der Waals surface area contributed by atoms with Crippen molar-refractivity contribution in [2.45, 2.75) is 32.5 Å². The summed E-state index contributed by atoms with van der Waals surface area (Å²) >= 11 is 0. The lowest BCUT2D eigenvalue weighted by molar-refractivity contribution is 0.178. The van der Waals surface area contributed by atoms with E-state index in [0.29, 0.717) is 13.2 Å². The predicted molar refractivity (Wildman–Crippen MR) is 89.2 cm³/mol. The molecular weight excluding hydrogens is 290 g/mol. The highest BCUT2D eigenvalue weighted by molar-refractivity contribution is 6.02. The maximum absolute atomic E-state index is 9.21. The fourth-order valence-electron chi connectivity index (χ4n) is 3.07. The number of hydrogen-bond acceptors (Lipinski definition) is 4. The largest absolute Gasteiger partial charge is 0.489 e. The fourth-order valence-corrected chi connectivity index (χ4v) is 3.07. The van der Waals surface area contributed by atoms with Gasteiger partial charge in [0, 0.05) is 18.2 Å². The van der Waals surface area contributed by atoms with Crippen LogP contribution in [0.3, 0.4) is 0 Å². The molecule has 0 fully saturated rings. The Bertz CT molecular complexity index is 695. The lowest BCUT2D eigenvalue weighted by Gasteiger charge is -2.22. The zero-order chi connectivity index (χ0) is 16.1. The summed E-state index contributed by atoms with van der Waals surface area (Å²) in [7, 11) is 1.68. The molecule has 4 nitrogen and oxygen atoms in total. The van der Waals surface area contributed by atoms with Gasteiger partial charge in [0.15, 0.2) is 0 Å². The van der Waals surface area contributed by atoms with Gasteiger partial charge in [-0.1, -0.05) is 35.5 Å². The average Bonchev–Trinajstić information content (AvgIpc) is 2.61. The molecule has 1 N–H and O–H groups in total. The van der Waals surface area contributed by atoms with Crippen LogP contribution in [0.5, 0.6) is 5.75 Å². The highest BCUT2D eigenvalue weighted by atomic mass is 16.5. The van der Waals surface area contributed by atoms with E-state index in [1.165, 1.54) is 5.56 Å². The van der Waals surface area contributed by atoms with E-state index < -0.39 is 0 Å². The second-order valence-corrected chi connectivity index (χ2v) is 5.68. The number of fused-ring (bicyclic) bond motifs is 1. The van der Waals surface area contributed by atoms with Crippen LogP contribution < -0.4 is 4.74 Å². The van der Waals surface area contributed by atoms with Crippen LogP contribution in [-0.4, -0.2) is 18.0 Å². The third-order valence-electron chi connectivity index (χ3n) is 4.19. The van der Waals surface area contributed by atoms with E-state index in [1.807, 2.05) is 42.5 Å². The minimum atomic E-state index is 0.492. The molecule has 0 amide bonds. The summed E-state index contributed by atoms with van der Waals surface area (Å²) in [6, 6.07) is 14.0. The number of benzene rings is 2. The molecule has 0 unspecified atom stereocenters. The zero-order valence-electron chi connectivity index (χ0n) is 13.3. The molecule has 0 aromatic heterocycles. The van der Waals surface area contributed by atoms with E-state index in [1.54, 1.807) is 7.11 Å². The number of rotatable bonds is 5. The molecule has 1 aliphatic rings. The Morgan fingerprint density at radius 3 is 2.61 bits per heavy atom. The SMILES string of the molecule is COCc1c(OCc2ccccc2)ccc2c1CCCC2=NO. The molecule has 0 spiro atoms. The number of nitrogens with zero attached hydrogens (tertiary/aromatic N) is 1. The Morgan fingerprint density at radius 1 is 1.04 bits per heavy atom. The second-order valence-electron chi connectivity index (χ2n) is 5.68. The van der Waals surface area contributed by atoms with Gasteiger partial charge in [-0.2, -0.15) is 0 Å². The third kappa shape index (κ3) is 3.37. The van der Waals surface area contributed by atoms with Crippen LogP contribution in [0, 0.1) is 0 Å². The van der Waals surface area contributed by atoms with Crippen LogP contribution in [0.4, 0.5) is 0 Å². The first kappa shape index (κ1) is 15.6. The first-order valence-corrected chi connectivity index (χ1v) is 7.85. The van der Waals surface area contributed by atoms with Gasteiger partial charge in [-0.3, -0.25) is 0 Å². The Labute approximate surface area is 136 Å². The zero-order valence-corrected chi connectivity index (χ0v) is 13.3. The summed E-state index contributed by atoms with van der Waals surface area (Å²) in [6.07, 6.45) is 2.74. The highest BCUT2D eigenvalue weighted by Crippen LogP contribution is 2.32. The van der Waals surface area contributed by atoms with Gasteiger partial charge in [-0.25, -0.2) is 0 Å². The molecule has 0 saturated heterocycles. The summed E-state index contributed by atoms with van der Waals surface area (Å²) in [5.74, 6) is 0.841. The van der Waals surface area contributed by atoms with E-state index in [0.717, 1.165) is 47.4 Å². The molecule has 3 rings (SSSR count). The highest BCUT2D eigenvalue weighted by Gasteiger charge is 2.21. The summed E-state index contributed by atoms with van der Waals surface area (Å²) in [5, 5.41) is 12.7. The van der Waals surface area contributed by atoms with Crippen molar-refractivity contribution in [3.05, 3.63) is 64.7 Å². The average molecular weight is 311 g/mol. The normalized spacial score (nSPS) is 15.4. The van der Waals surface area contributed by atoms with Gasteiger partial charge in [0.1, 0.15) is 12.4 Å². The summed E-state index contributed by atoms with van der Waals surface area (Å²) in [6.45, 7) is 1.02. The Balaban J connectivity index is 1.91. The Kier molecular flexibility index (Phi) is 4.93. The van der Waals surface area contributed by atoms with Gasteiger partial charge in [0.2, 0.25) is 0 Å². The molecule has 0 atom stereocenters. The predicted octanol–water partition coefficient (Wildman–Crippen LogP) is 3.93. The van der Waals surface area contributed by atoms with E-state index in [2.05, 4.69) is 5.16 Å². The van der Waals surface area contributed by atoms with Gasteiger partial charge in [0.25, 0.3) is 0 Å². The lowest BCUT2D eigenvalue weighted by atomic mass is 9.86. The van der Waals surface area contributed by atoms with Gasteiger partial charge < -0.3 is 14.7 Å². The molecular formula is C19H21NO3. The summed E-state index contributed by atoms with van der Waals surface area (Å²) in [5.41, 5.74) is 5.13. The summed E-state index contributed by atoms with van der Waals surface area (Å²) < 4.78 is 11.4. The van der Waals surface area contributed by atoms with E-state index in [-0.39, 0.29) is 0 Å². The van der Waals surface area contributed by atoms with Crippen molar-refractivity contribution in [3.8, 4) is 5.75 Å². The van der Waals surface area contributed by atoms with Crippen molar-refractivity contribution in [2.24, 2.45) is 5.16 Å². The van der Waals surface area contributed by atoms with Crippen molar-refractivity contribution in [3.63, 3.8) is 0 Å². The first-order valence-electron chi connectivity index (χ1n) is 7.85. The Hall–Kier alpha value is -2.33. The monoisotopic (exact) mass is 311 g/mol. The van der Waals surface area contributed by atoms with Crippen LogP contribution in [-0.2, 0) is 24.4 Å². The molecule has 0 radical (unpaired) electrons. The second kappa shape index (κ2) is 7.29. The molecule has 2 aromatic carbocycles. The van der Waals surface area contributed by atoms with Crippen molar-refractivity contribution in [1.29, 1.82) is 0 Å². The number of ether oxygens (including phenoxy) is 2. The molecule has 0 aliphatic heterocycles.